The van der Waals surface area contributed by atoms with E-state index in [2.05, 4.69) is 16.0 Å². The molecule has 5 heavy (non-hydrogen) atoms. The molecule has 0 bridgehead atoms. The molecule has 1 heteroatoms. The van der Waals surface area contributed by atoms with Crippen LogP contribution < -0.4 is 0 Å². The molecule has 0 atom stereocenters. The molecule has 0 saturated heterocycles. The molecule has 0 heterocycles. The van der Waals surface area contributed by atoms with Crippen LogP contribution in [0.1, 0.15) is 19.3 Å². The summed E-state index contributed by atoms with van der Waals surface area (Å²) < 4.78 is 0. The minimum atomic E-state index is 0.940. The summed E-state index contributed by atoms with van der Waals surface area (Å²) in [4.78, 5) is 0.940. The summed E-state index contributed by atoms with van der Waals surface area (Å²) in [5.74, 6) is 0. The average Bonchev–Trinajstić information content (AvgIpc) is 1.30. The van der Waals surface area contributed by atoms with Crippen molar-refractivity contribution in [1.29, 1.82) is 0 Å². The molecule has 1 aliphatic carbocycles. The van der Waals surface area contributed by atoms with Crippen molar-refractivity contribution in [3.63, 3.8) is 0 Å². The van der Waals surface area contributed by atoms with Gasteiger partial charge < -0.3 is 0 Å². The molecule has 0 aromatic heterocycles. The Morgan fingerprint density at radius 3 is 1.80 bits per heavy atom. The molecule has 0 amide bonds. The van der Waals surface area contributed by atoms with Crippen molar-refractivity contribution in [3.8, 4) is 0 Å². The van der Waals surface area contributed by atoms with E-state index in [9.17, 15) is 0 Å². The zero-order valence-corrected chi connectivity index (χ0v) is 4.82. The predicted molar refractivity (Wildman–Crippen MR) is 23.4 cm³/mol. The summed E-state index contributed by atoms with van der Waals surface area (Å²) in [5.41, 5.74) is 0. The van der Waals surface area contributed by atoms with Crippen LogP contribution in [0.4, 0.5) is 0 Å². The van der Waals surface area contributed by atoms with Gasteiger partial charge in [-0.05, 0) is 0 Å². The molecule has 0 nitrogen and oxygen atoms in total. The summed E-state index contributed by atoms with van der Waals surface area (Å²) in [6.45, 7) is 0. The van der Waals surface area contributed by atoms with E-state index in [0.29, 0.717) is 0 Å². The molecule has 0 aliphatic heterocycles. The van der Waals surface area contributed by atoms with Crippen LogP contribution in [0, 0.1) is 0 Å². The SMILES string of the molecule is [Se]C1CCC1. The van der Waals surface area contributed by atoms with Gasteiger partial charge in [-0.25, -0.2) is 0 Å². The molecule has 1 saturated carbocycles. The Hall–Kier alpha value is 0.519. The summed E-state index contributed by atoms with van der Waals surface area (Å²) in [5, 5.41) is 0. The third kappa shape index (κ3) is 0.675. The van der Waals surface area contributed by atoms with Crippen molar-refractivity contribution in [3.05, 3.63) is 0 Å². The quantitative estimate of drug-likeness (QED) is 0.435. The Labute approximate surface area is 40.8 Å². The van der Waals surface area contributed by atoms with Gasteiger partial charge >= 0.3 is 40.1 Å². The Kier molecular flexibility index (Phi) is 0.975. The summed E-state index contributed by atoms with van der Waals surface area (Å²) in [6.07, 6.45) is 4.32. The normalized spacial score (nSPS) is 25.8. The zero-order chi connectivity index (χ0) is 3.70. The van der Waals surface area contributed by atoms with Gasteiger partial charge in [-0.15, -0.1) is 0 Å². The summed E-state index contributed by atoms with van der Waals surface area (Å²) in [7, 11) is 0. The molecule has 0 aromatic carbocycles. The maximum absolute atomic E-state index is 3.08. The van der Waals surface area contributed by atoms with Crippen molar-refractivity contribution >= 4 is 16.0 Å². The van der Waals surface area contributed by atoms with Gasteiger partial charge in [0.05, 0.1) is 0 Å². The molecule has 1 fully saturated rings. The second-order valence-corrected chi connectivity index (χ2v) is 2.95. The first-order chi connectivity index (χ1) is 2.39. The van der Waals surface area contributed by atoms with E-state index >= 15 is 0 Å². The monoisotopic (exact) mass is 135 g/mol. The van der Waals surface area contributed by atoms with Crippen LogP contribution in [0.15, 0.2) is 0 Å². The van der Waals surface area contributed by atoms with E-state index in [1.54, 1.807) is 0 Å². The van der Waals surface area contributed by atoms with Gasteiger partial charge in [0, 0.05) is 0 Å². The van der Waals surface area contributed by atoms with Crippen molar-refractivity contribution in [2.24, 2.45) is 0 Å². The molecular formula is C4H7Se. The zero-order valence-electron chi connectivity index (χ0n) is 3.11. The molecule has 1 radical (unpaired) electrons. The minimum absolute atomic E-state index is 0.940. The van der Waals surface area contributed by atoms with Crippen molar-refractivity contribution < 1.29 is 0 Å². The Morgan fingerprint density at radius 1 is 1.40 bits per heavy atom. The van der Waals surface area contributed by atoms with E-state index < -0.39 is 0 Å². The van der Waals surface area contributed by atoms with Crippen LogP contribution in [0.3, 0.4) is 0 Å². The standard InChI is InChI=1S/C4H7Se/c5-4-2-1-3-4/h4H,1-3H2. The van der Waals surface area contributed by atoms with E-state index in [0.717, 1.165) is 4.82 Å². The summed E-state index contributed by atoms with van der Waals surface area (Å²) >= 11 is 3.08. The van der Waals surface area contributed by atoms with Gasteiger partial charge in [-0.1, -0.05) is 0 Å². The van der Waals surface area contributed by atoms with Crippen LogP contribution in [0.2, 0.25) is 4.82 Å². The third-order valence-corrected chi connectivity index (χ3v) is 2.04. The van der Waals surface area contributed by atoms with Gasteiger partial charge in [0.1, 0.15) is 0 Å². The topological polar surface area (TPSA) is 0 Å². The van der Waals surface area contributed by atoms with Gasteiger partial charge in [0.25, 0.3) is 0 Å². The van der Waals surface area contributed by atoms with Gasteiger partial charge in [0.2, 0.25) is 0 Å². The van der Waals surface area contributed by atoms with Crippen LogP contribution >= 0.6 is 0 Å². The molecule has 0 N–H and O–H groups in total. The fraction of sp³-hybridized carbons (Fsp3) is 1.00. The Bertz CT molecular complexity index is 30.6. The number of rotatable bonds is 0. The van der Waals surface area contributed by atoms with Crippen molar-refractivity contribution in [2.75, 3.05) is 0 Å². The summed E-state index contributed by atoms with van der Waals surface area (Å²) in [6, 6.07) is 0. The molecule has 29 valence electrons. The number of hydrogen-bond acceptors (Lipinski definition) is 0. The van der Waals surface area contributed by atoms with Gasteiger partial charge in [0.15, 0.2) is 0 Å². The molecule has 0 unspecified atom stereocenters. The molecule has 0 spiro atoms. The van der Waals surface area contributed by atoms with E-state index in [1.807, 2.05) is 0 Å². The third-order valence-electron chi connectivity index (χ3n) is 1.05. The Morgan fingerprint density at radius 2 is 1.80 bits per heavy atom. The maximum atomic E-state index is 3.08. The van der Waals surface area contributed by atoms with Gasteiger partial charge in [-0.2, -0.15) is 0 Å². The Balaban J connectivity index is 2.08. The second kappa shape index (κ2) is 1.32. The van der Waals surface area contributed by atoms with Crippen LogP contribution in [-0.4, -0.2) is 16.0 Å². The van der Waals surface area contributed by atoms with Crippen LogP contribution in [0.5, 0.6) is 0 Å². The number of hydrogen-bond donors (Lipinski definition) is 0. The fourth-order valence-electron chi connectivity index (χ4n) is 0.371. The molecule has 1 aliphatic rings. The molecule has 1 rings (SSSR count). The predicted octanol–water partition coefficient (Wildman–Crippen LogP) is 1.13. The van der Waals surface area contributed by atoms with E-state index in [4.69, 9.17) is 0 Å². The first-order valence-corrected chi connectivity index (χ1v) is 3.04. The van der Waals surface area contributed by atoms with Crippen LogP contribution in [0.25, 0.3) is 0 Å². The van der Waals surface area contributed by atoms with E-state index in [1.165, 1.54) is 19.3 Å². The molecule has 0 aromatic rings. The fourth-order valence-corrected chi connectivity index (χ4v) is 1.07. The first-order valence-electron chi connectivity index (χ1n) is 2.05. The van der Waals surface area contributed by atoms with Crippen molar-refractivity contribution in [1.82, 2.24) is 0 Å². The first kappa shape index (κ1) is 3.70. The average molecular weight is 134 g/mol. The second-order valence-electron chi connectivity index (χ2n) is 1.55. The van der Waals surface area contributed by atoms with E-state index in [-0.39, 0.29) is 0 Å². The van der Waals surface area contributed by atoms with Gasteiger partial charge in [-0.3, -0.25) is 0 Å². The van der Waals surface area contributed by atoms with Crippen molar-refractivity contribution in [2.45, 2.75) is 24.1 Å². The van der Waals surface area contributed by atoms with Crippen LogP contribution in [-0.2, 0) is 0 Å². The molecular weight excluding hydrogens is 127 g/mol.